The van der Waals surface area contributed by atoms with Gasteiger partial charge in [-0.3, -0.25) is 13.7 Å². The Hall–Kier alpha value is -1.66. The van der Waals surface area contributed by atoms with Crippen LogP contribution >= 0.6 is 0 Å². The predicted octanol–water partition coefficient (Wildman–Crippen LogP) is 2.63. The van der Waals surface area contributed by atoms with Crippen LogP contribution < -0.4 is 0 Å². The molecule has 0 saturated carbocycles. The van der Waals surface area contributed by atoms with Gasteiger partial charge < -0.3 is 5.11 Å². The van der Waals surface area contributed by atoms with E-state index in [-0.39, 0.29) is 12.5 Å². The Balaban J connectivity index is 3.24. The van der Waals surface area contributed by atoms with Crippen LogP contribution in [0.2, 0.25) is 0 Å². The number of aliphatic carboxylic acids is 1. The highest BCUT2D eigenvalue weighted by Gasteiger charge is 2.30. The molecule has 0 spiro atoms. The van der Waals surface area contributed by atoms with Crippen molar-refractivity contribution in [3.8, 4) is 0 Å². The van der Waals surface area contributed by atoms with E-state index < -0.39 is 17.2 Å². The second kappa shape index (κ2) is 7.21. The van der Waals surface area contributed by atoms with Crippen molar-refractivity contribution in [1.29, 1.82) is 0 Å². The van der Waals surface area contributed by atoms with Crippen molar-refractivity contribution in [1.82, 2.24) is 4.31 Å². The minimum absolute atomic E-state index is 0.00534. The van der Waals surface area contributed by atoms with Crippen LogP contribution in [0.25, 0.3) is 0 Å². The third-order valence-corrected chi connectivity index (χ3v) is 3.98. The summed E-state index contributed by atoms with van der Waals surface area (Å²) in [6.07, 6.45) is 7.29. The van der Waals surface area contributed by atoms with E-state index in [1.807, 2.05) is 6.08 Å². The molecule has 1 aliphatic rings. The van der Waals surface area contributed by atoms with E-state index in [2.05, 4.69) is 6.58 Å². The molecule has 1 unspecified atom stereocenters. The Morgan fingerprint density at radius 2 is 2.25 bits per heavy atom. The predicted molar refractivity (Wildman–Crippen MR) is 79.1 cm³/mol. The number of hydrogen-bond donors (Lipinski definition) is 2. The average Bonchev–Trinajstić information content (AvgIpc) is 2.37. The molecule has 5 nitrogen and oxygen atoms in total. The van der Waals surface area contributed by atoms with Gasteiger partial charge in [-0.25, -0.2) is 4.21 Å². The molecule has 6 heteroatoms. The van der Waals surface area contributed by atoms with E-state index in [1.165, 1.54) is 4.31 Å². The Morgan fingerprint density at radius 3 is 2.70 bits per heavy atom. The molecule has 0 radical (unpaired) electrons. The largest absolute Gasteiger partial charge is 0.481 e. The van der Waals surface area contributed by atoms with Crippen LogP contribution in [-0.2, 0) is 16.1 Å². The molecule has 0 aromatic heterocycles. The lowest BCUT2D eigenvalue weighted by Crippen LogP contribution is -2.38. The summed E-state index contributed by atoms with van der Waals surface area (Å²) in [6, 6.07) is -0.326. The quantitative estimate of drug-likeness (QED) is 0.765. The van der Waals surface area contributed by atoms with Gasteiger partial charge in [0.25, 0.3) is 11.3 Å². The van der Waals surface area contributed by atoms with Crippen molar-refractivity contribution in [3.05, 3.63) is 47.7 Å². The molecular formula is C14H19NO4S. The minimum Gasteiger partial charge on any atom is -0.481 e. The molecule has 1 rings (SSSR count). The lowest BCUT2D eigenvalue weighted by Gasteiger charge is -2.35. The van der Waals surface area contributed by atoms with E-state index in [4.69, 9.17) is 5.11 Å². The van der Waals surface area contributed by atoms with Crippen molar-refractivity contribution in [2.45, 2.75) is 32.7 Å². The topological polar surface area (TPSA) is 77.8 Å². The lowest BCUT2D eigenvalue weighted by atomic mass is 9.94. The average molecular weight is 297 g/mol. The first-order chi connectivity index (χ1) is 9.42. The summed E-state index contributed by atoms with van der Waals surface area (Å²) in [6.45, 7) is 7.20. The molecule has 110 valence electrons. The fraction of sp³-hybridized carbons (Fsp3) is 0.357. The van der Waals surface area contributed by atoms with Crippen molar-refractivity contribution < 1.29 is 18.7 Å². The second-order valence-corrected chi connectivity index (χ2v) is 5.23. The van der Waals surface area contributed by atoms with Gasteiger partial charge in [-0.2, -0.15) is 0 Å². The molecule has 2 atom stereocenters. The monoisotopic (exact) mass is 297 g/mol. The standard InChI is InChI=1S/C14H19NO4S/c1-4-6-12-9-11(7-8-14(16)17)10(3)15(20(18)19)13(12)5-2/h4-6,9-10H,1,7-8H2,2-3H3,(H,16,17)(H,18,19)/b12-6-,13-5+/t10-/m1/s1. The summed E-state index contributed by atoms with van der Waals surface area (Å²) in [5.74, 6) is -0.888. The third-order valence-electron chi connectivity index (χ3n) is 3.13. The fourth-order valence-electron chi connectivity index (χ4n) is 2.19. The van der Waals surface area contributed by atoms with Gasteiger partial charge in [0, 0.05) is 6.42 Å². The van der Waals surface area contributed by atoms with Gasteiger partial charge in [0.15, 0.2) is 0 Å². The Kier molecular flexibility index (Phi) is 5.91. The van der Waals surface area contributed by atoms with Gasteiger partial charge >= 0.3 is 5.97 Å². The van der Waals surface area contributed by atoms with Crippen LogP contribution in [0.5, 0.6) is 0 Å². The number of carbonyl (C=O) groups is 1. The first-order valence-corrected chi connectivity index (χ1v) is 7.30. The molecule has 1 heterocycles. The van der Waals surface area contributed by atoms with Gasteiger partial charge in [0.05, 0.1) is 11.7 Å². The van der Waals surface area contributed by atoms with Crippen LogP contribution in [0.15, 0.2) is 47.7 Å². The molecule has 1 aliphatic heterocycles. The highest BCUT2D eigenvalue weighted by atomic mass is 32.2. The number of carboxylic acids is 1. The first kappa shape index (κ1) is 16.4. The number of rotatable bonds is 5. The van der Waals surface area contributed by atoms with E-state index in [1.54, 1.807) is 32.1 Å². The summed E-state index contributed by atoms with van der Waals surface area (Å²) in [5, 5.41) is 8.78. The Morgan fingerprint density at radius 1 is 1.60 bits per heavy atom. The van der Waals surface area contributed by atoms with Crippen molar-refractivity contribution in [2.75, 3.05) is 0 Å². The molecule has 0 aromatic carbocycles. The molecule has 20 heavy (non-hydrogen) atoms. The highest BCUT2D eigenvalue weighted by Crippen LogP contribution is 2.32. The molecule has 0 bridgehead atoms. The maximum atomic E-state index is 11.6. The molecule has 0 aliphatic carbocycles. The van der Waals surface area contributed by atoms with E-state index in [0.29, 0.717) is 12.1 Å². The minimum atomic E-state index is -2.17. The van der Waals surface area contributed by atoms with E-state index >= 15 is 0 Å². The molecule has 0 amide bonds. The van der Waals surface area contributed by atoms with Gasteiger partial charge in [-0.15, -0.1) is 0 Å². The third kappa shape index (κ3) is 3.68. The molecule has 0 aromatic rings. The smallest absolute Gasteiger partial charge is 0.303 e. The highest BCUT2D eigenvalue weighted by molar-refractivity contribution is 7.76. The van der Waals surface area contributed by atoms with Crippen molar-refractivity contribution >= 4 is 17.2 Å². The van der Waals surface area contributed by atoms with Crippen LogP contribution in [0.3, 0.4) is 0 Å². The fourth-order valence-corrected chi connectivity index (χ4v) is 2.97. The summed E-state index contributed by atoms with van der Waals surface area (Å²) in [5.41, 5.74) is 2.20. The van der Waals surface area contributed by atoms with Crippen LogP contribution in [0, 0.1) is 0 Å². The lowest BCUT2D eigenvalue weighted by molar-refractivity contribution is -0.136. The number of nitrogens with zero attached hydrogens (tertiary/aromatic N) is 1. The maximum Gasteiger partial charge on any atom is 0.303 e. The summed E-state index contributed by atoms with van der Waals surface area (Å²) >= 11 is -2.17. The molecule has 2 N–H and O–H groups in total. The van der Waals surface area contributed by atoms with E-state index in [0.717, 1.165) is 11.1 Å². The summed E-state index contributed by atoms with van der Waals surface area (Å²) in [4.78, 5) is 10.7. The summed E-state index contributed by atoms with van der Waals surface area (Å²) in [7, 11) is 0. The maximum absolute atomic E-state index is 11.6. The summed E-state index contributed by atoms with van der Waals surface area (Å²) < 4.78 is 22.4. The molecule has 0 saturated heterocycles. The first-order valence-electron chi connectivity index (χ1n) is 6.24. The Bertz CT molecular complexity index is 519. The van der Waals surface area contributed by atoms with Crippen molar-refractivity contribution in [2.24, 2.45) is 0 Å². The number of allylic oxidation sites excluding steroid dienone is 4. The van der Waals surface area contributed by atoms with Gasteiger partial charge in [0.2, 0.25) is 0 Å². The zero-order chi connectivity index (χ0) is 15.3. The normalized spacial score (nSPS) is 24.6. The zero-order valence-electron chi connectivity index (χ0n) is 11.6. The SMILES string of the molecule is C=C/C=C1/C=C(CCC(=O)O)[C@@H](C)N(S(=O)O)/C1=C/C. The molecular weight excluding hydrogens is 278 g/mol. The number of hydrogen-bond acceptors (Lipinski definition) is 2. The van der Waals surface area contributed by atoms with Crippen molar-refractivity contribution in [3.63, 3.8) is 0 Å². The second-order valence-electron chi connectivity index (χ2n) is 4.38. The van der Waals surface area contributed by atoms with E-state index in [9.17, 15) is 13.6 Å². The Labute approximate surface area is 121 Å². The zero-order valence-corrected chi connectivity index (χ0v) is 12.4. The van der Waals surface area contributed by atoms with Gasteiger partial charge in [-0.1, -0.05) is 30.9 Å². The molecule has 0 fully saturated rings. The van der Waals surface area contributed by atoms with Gasteiger partial charge in [-0.05, 0) is 31.4 Å². The van der Waals surface area contributed by atoms with Crippen LogP contribution in [-0.4, -0.2) is 30.2 Å². The van der Waals surface area contributed by atoms with Crippen LogP contribution in [0.4, 0.5) is 0 Å². The number of carboxylic acid groups (broad SMARTS) is 1. The van der Waals surface area contributed by atoms with Gasteiger partial charge in [0.1, 0.15) is 0 Å². The van der Waals surface area contributed by atoms with Crippen LogP contribution in [0.1, 0.15) is 26.7 Å².